The molecule has 31 heavy (non-hydrogen) atoms. The minimum absolute atomic E-state index is 0.368. The molecule has 9 nitrogen and oxygen atoms in total. The summed E-state index contributed by atoms with van der Waals surface area (Å²) in [6, 6.07) is 12.9. The Morgan fingerprint density at radius 1 is 1.26 bits per heavy atom. The van der Waals surface area contributed by atoms with Gasteiger partial charge in [0.2, 0.25) is 11.9 Å². The number of nitrogens with zero attached hydrogens (tertiary/aromatic N) is 4. The molecule has 0 saturated carbocycles. The molecule has 3 aromatic rings. The van der Waals surface area contributed by atoms with Crippen LogP contribution in [0.1, 0.15) is 31.0 Å². The summed E-state index contributed by atoms with van der Waals surface area (Å²) in [4.78, 5) is 12.3. The van der Waals surface area contributed by atoms with Crippen molar-refractivity contribution in [2.24, 2.45) is 5.73 Å². The summed E-state index contributed by atoms with van der Waals surface area (Å²) in [6.45, 7) is 4.48. The van der Waals surface area contributed by atoms with Crippen LogP contribution in [-0.2, 0) is 11.4 Å². The molecule has 160 valence electrons. The van der Waals surface area contributed by atoms with Gasteiger partial charge >= 0.3 is 0 Å². The summed E-state index contributed by atoms with van der Waals surface area (Å²) >= 11 is 3.60. The molecule has 1 aliphatic heterocycles. The second-order valence-corrected chi connectivity index (χ2v) is 7.77. The zero-order valence-corrected chi connectivity index (χ0v) is 18.6. The first kappa shape index (κ1) is 20.9. The number of hydrogen-bond donors (Lipinski definition) is 2. The van der Waals surface area contributed by atoms with Crippen LogP contribution in [0.15, 0.2) is 58.2 Å². The van der Waals surface area contributed by atoms with Crippen LogP contribution in [0.3, 0.4) is 0 Å². The van der Waals surface area contributed by atoms with Crippen molar-refractivity contribution in [3.05, 3.63) is 69.3 Å². The topological polar surface area (TPSA) is 117 Å². The average molecular weight is 485 g/mol. The molecular formula is C21H21BrN6O3. The molecule has 0 spiro atoms. The lowest BCUT2D eigenvalue weighted by Crippen LogP contribution is -2.32. The lowest BCUT2D eigenvalue weighted by Gasteiger charge is -2.27. The largest absolute Gasteiger partial charge is 0.490 e. The molecule has 0 bridgehead atoms. The Balaban J connectivity index is 1.76. The van der Waals surface area contributed by atoms with Gasteiger partial charge in [-0.3, -0.25) is 4.79 Å². The first-order chi connectivity index (χ1) is 15.0. The highest BCUT2D eigenvalue weighted by Crippen LogP contribution is 2.42. The van der Waals surface area contributed by atoms with E-state index in [0.717, 1.165) is 11.1 Å². The first-order valence-corrected chi connectivity index (χ1v) is 10.5. The van der Waals surface area contributed by atoms with Crippen molar-refractivity contribution >= 4 is 27.8 Å². The number of fused-ring (bicyclic) bond motifs is 1. The standard InChI is InChI=1S/C21H21BrN6O3/c1-3-30-16-10-14(9-15(22)19(16)31-11-13-7-5-4-6-8-13)18-17(20(23)29)12(2)24-21-25-26-27-28(18)21/h4-10,18H,3,11H2,1-2H3,(H2,23,29)(H,24,25,27). The number of tetrazole rings is 1. The molecule has 0 aliphatic carbocycles. The van der Waals surface area contributed by atoms with Gasteiger partial charge in [0.1, 0.15) is 12.6 Å². The third kappa shape index (κ3) is 4.11. The van der Waals surface area contributed by atoms with Gasteiger partial charge in [-0.25, -0.2) is 0 Å². The Bertz CT molecular complexity index is 1150. The Morgan fingerprint density at radius 2 is 2.03 bits per heavy atom. The van der Waals surface area contributed by atoms with Gasteiger partial charge < -0.3 is 20.5 Å². The van der Waals surface area contributed by atoms with Crippen LogP contribution >= 0.6 is 15.9 Å². The molecule has 10 heteroatoms. The molecule has 0 fully saturated rings. The highest BCUT2D eigenvalue weighted by molar-refractivity contribution is 9.10. The molecular weight excluding hydrogens is 464 g/mol. The van der Waals surface area contributed by atoms with E-state index in [0.29, 0.717) is 46.4 Å². The molecule has 1 aliphatic rings. The van der Waals surface area contributed by atoms with E-state index < -0.39 is 11.9 Å². The van der Waals surface area contributed by atoms with Gasteiger partial charge in [0.15, 0.2) is 11.5 Å². The van der Waals surface area contributed by atoms with Crippen molar-refractivity contribution < 1.29 is 14.3 Å². The van der Waals surface area contributed by atoms with E-state index in [1.807, 2.05) is 49.4 Å². The zero-order chi connectivity index (χ0) is 22.0. The number of hydrogen-bond acceptors (Lipinski definition) is 7. The van der Waals surface area contributed by atoms with Gasteiger partial charge in [0.25, 0.3) is 0 Å². The normalized spacial score (nSPS) is 15.3. The van der Waals surface area contributed by atoms with E-state index in [-0.39, 0.29) is 0 Å². The summed E-state index contributed by atoms with van der Waals surface area (Å²) in [5.41, 5.74) is 8.43. The Labute approximate surface area is 187 Å². The van der Waals surface area contributed by atoms with Crippen LogP contribution in [0.25, 0.3) is 0 Å². The summed E-state index contributed by atoms with van der Waals surface area (Å²) in [5.74, 6) is 0.972. The predicted octanol–water partition coefficient (Wildman–Crippen LogP) is 3.19. The first-order valence-electron chi connectivity index (χ1n) is 9.68. The van der Waals surface area contributed by atoms with Gasteiger partial charge in [0, 0.05) is 5.70 Å². The number of ether oxygens (including phenoxy) is 2. The number of nitrogens with two attached hydrogens (primary N) is 1. The lowest BCUT2D eigenvalue weighted by molar-refractivity contribution is -0.115. The molecule has 1 amide bonds. The number of anilines is 1. The number of halogens is 1. The van der Waals surface area contributed by atoms with Crippen LogP contribution in [0, 0.1) is 0 Å². The smallest absolute Gasteiger partial charge is 0.248 e. The number of carbonyl (C=O) groups excluding carboxylic acids is 1. The second-order valence-electron chi connectivity index (χ2n) is 6.91. The van der Waals surface area contributed by atoms with Gasteiger partial charge in [-0.1, -0.05) is 35.4 Å². The SMILES string of the molecule is CCOc1cc(C2C(C(N)=O)=C(C)Nc3nnnn32)cc(Br)c1OCc1ccccc1. The Kier molecular flexibility index (Phi) is 5.90. The number of amides is 1. The van der Waals surface area contributed by atoms with Crippen LogP contribution in [-0.4, -0.2) is 32.7 Å². The minimum atomic E-state index is -0.609. The fourth-order valence-corrected chi connectivity index (χ4v) is 4.09. The van der Waals surface area contributed by atoms with Crippen molar-refractivity contribution in [2.45, 2.75) is 26.5 Å². The third-order valence-electron chi connectivity index (χ3n) is 4.85. The fourth-order valence-electron chi connectivity index (χ4n) is 3.52. The highest BCUT2D eigenvalue weighted by atomic mass is 79.9. The van der Waals surface area contributed by atoms with Crippen LogP contribution in [0.5, 0.6) is 11.5 Å². The maximum atomic E-state index is 12.3. The molecule has 2 aromatic carbocycles. The van der Waals surface area contributed by atoms with Crippen molar-refractivity contribution in [2.75, 3.05) is 11.9 Å². The fraction of sp³-hybridized carbons (Fsp3) is 0.238. The summed E-state index contributed by atoms with van der Waals surface area (Å²) < 4.78 is 14.1. The van der Waals surface area contributed by atoms with Gasteiger partial charge in [-0.15, -0.1) is 0 Å². The molecule has 1 atom stereocenters. The number of benzene rings is 2. The quantitative estimate of drug-likeness (QED) is 0.528. The lowest BCUT2D eigenvalue weighted by atomic mass is 9.95. The van der Waals surface area contributed by atoms with Crippen LogP contribution in [0.4, 0.5) is 5.95 Å². The third-order valence-corrected chi connectivity index (χ3v) is 5.44. The van der Waals surface area contributed by atoms with Gasteiger partial charge in [-0.2, -0.15) is 4.68 Å². The highest BCUT2D eigenvalue weighted by Gasteiger charge is 2.34. The molecule has 3 N–H and O–H groups in total. The van der Waals surface area contributed by atoms with E-state index >= 15 is 0 Å². The number of allylic oxidation sites excluding steroid dienone is 1. The minimum Gasteiger partial charge on any atom is -0.490 e. The number of primary amides is 1. The van der Waals surface area contributed by atoms with Crippen molar-refractivity contribution in [1.82, 2.24) is 20.2 Å². The number of nitrogens with one attached hydrogen (secondary N) is 1. The molecule has 2 heterocycles. The van der Waals surface area contributed by atoms with Gasteiger partial charge in [-0.05, 0) is 63.5 Å². The Hall–Kier alpha value is -3.40. The zero-order valence-electron chi connectivity index (χ0n) is 17.0. The maximum Gasteiger partial charge on any atom is 0.248 e. The number of aromatic nitrogens is 4. The van der Waals surface area contributed by atoms with E-state index in [4.69, 9.17) is 15.2 Å². The van der Waals surface area contributed by atoms with Crippen LogP contribution < -0.4 is 20.5 Å². The monoisotopic (exact) mass is 484 g/mol. The average Bonchev–Trinajstić information content (AvgIpc) is 3.20. The summed E-state index contributed by atoms with van der Waals surface area (Å²) in [6.07, 6.45) is 0. The number of rotatable bonds is 7. The van der Waals surface area contributed by atoms with E-state index in [1.54, 1.807) is 6.92 Å². The van der Waals surface area contributed by atoms with Crippen LogP contribution in [0.2, 0.25) is 0 Å². The summed E-state index contributed by atoms with van der Waals surface area (Å²) in [7, 11) is 0. The molecule has 1 unspecified atom stereocenters. The predicted molar refractivity (Wildman–Crippen MR) is 118 cm³/mol. The van der Waals surface area contributed by atoms with Crippen molar-refractivity contribution in [3.63, 3.8) is 0 Å². The van der Waals surface area contributed by atoms with E-state index in [2.05, 4.69) is 36.8 Å². The molecule has 0 saturated heterocycles. The van der Waals surface area contributed by atoms with Crippen molar-refractivity contribution in [3.8, 4) is 11.5 Å². The maximum absolute atomic E-state index is 12.3. The molecule has 4 rings (SSSR count). The van der Waals surface area contributed by atoms with E-state index in [1.165, 1.54) is 4.68 Å². The van der Waals surface area contributed by atoms with Gasteiger partial charge in [0.05, 0.1) is 16.7 Å². The van der Waals surface area contributed by atoms with E-state index in [9.17, 15) is 4.79 Å². The second kappa shape index (κ2) is 8.76. The van der Waals surface area contributed by atoms with Crippen molar-refractivity contribution in [1.29, 1.82) is 0 Å². The Morgan fingerprint density at radius 3 is 2.74 bits per heavy atom. The molecule has 0 radical (unpaired) electrons. The summed E-state index contributed by atoms with van der Waals surface area (Å²) in [5, 5.41) is 14.8. The molecule has 1 aromatic heterocycles. The number of carbonyl (C=O) groups is 1.